The lowest BCUT2D eigenvalue weighted by molar-refractivity contribution is -0.112. The third-order valence-corrected chi connectivity index (χ3v) is 5.92. The summed E-state index contributed by atoms with van der Waals surface area (Å²) in [5.74, 6) is 1.42. The number of fused-ring (bicyclic) bond motifs is 1. The lowest BCUT2D eigenvalue weighted by atomic mass is 10.00. The van der Waals surface area contributed by atoms with Crippen LogP contribution in [-0.4, -0.2) is 29.7 Å². The van der Waals surface area contributed by atoms with Crippen molar-refractivity contribution in [3.8, 4) is 5.75 Å². The number of methoxy groups -OCH3 is 1. The molecule has 2 aromatic carbocycles. The molecule has 0 radical (unpaired) electrons. The number of benzene rings is 2. The van der Waals surface area contributed by atoms with Gasteiger partial charge in [0, 0.05) is 17.7 Å². The molecule has 0 fully saturated rings. The number of thioether (sulfide) groups is 1. The van der Waals surface area contributed by atoms with Crippen molar-refractivity contribution in [3.05, 3.63) is 70.8 Å². The van der Waals surface area contributed by atoms with E-state index >= 15 is 0 Å². The molecule has 2 aliphatic rings. The van der Waals surface area contributed by atoms with Crippen molar-refractivity contribution < 1.29 is 9.53 Å². The van der Waals surface area contributed by atoms with Gasteiger partial charge in [-0.25, -0.2) is 0 Å². The van der Waals surface area contributed by atoms with Crippen LogP contribution in [0.25, 0.3) is 5.57 Å². The predicted molar refractivity (Wildman–Crippen MR) is 108 cm³/mol. The van der Waals surface area contributed by atoms with Crippen LogP contribution in [0.15, 0.2) is 53.5 Å². The van der Waals surface area contributed by atoms with Crippen molar-refractivity contribution in [1.29, 1.82) is 0 Å². The van der Waals surface area contributed by atoms with E-state index in [0.717, 1.165) is 29.0 Å². The smallest absolute Gasteiger partial charge is 0.214 e. The molecule has 1 aliphatic heterocycles. The summed E-state index contributed by atoms with van der Waals surface area (Å²) in [4.78, 5) is 17.3. The van der Waals surface area contributed by atoms with Crippen LogP contribution in [0.2, 0.25) is 0 Å². The minimum Gasteiger partial charge on any atom is -0.496 e. The van der Waals surface area contributed by atoms with Gasteiger partial charge in [-0.05, 0) is 47.7 Å². The fourth-order valence-electron chi connectivity index (χ4n) is 3.58. The van der Waals surface area contributed by atoms with Crippen molar-refractivity contribution in [2.24, 2.45) is 4.99 Å². The monoisotopic (exact) mass is 363 g/mol. The van der Waals surface area contributed by atoms with Gasteiger partial charge in [0.2, 0.25) is 5.12 Å². The summed E-state index contributed by atoms with van der Waals surface area (Å²) in [6.45, 7) is 2.04. The molecule has 0 N–H and O–H groups in total. The van der Waals surface area contributed by atoms with Gasteiger partial charge in [-0.1, -0.05) is 48.2 Å². The highest BCUT2D eigenvalue weighted by molar-refractivity contribution is 8.14. The second kappa shape index (κ2) is 7.12. The van der Waals surface area contributed by atoms with Gasteiger partial charge in [-0.3, -0.25) is 9.79 Å². The highest BCUT2D eigenvalue weighted by Crippen LogP contribution is 2.34. The fourth-order valence-corrected chi connectivity index (χ4v) is 4.42. The van der Waals surface area contributed by atoms with Gasteiger partial charge >= 0.3 is 0 Å². The standard InChI is InChI=1S/C22H21NO2S/c1-14-7-10-18(21(11-14)25-2)20-13-26-22(24)19(23-20)12-16-9-8-15-5-3-4-6-17(15)16/h3-7,9-11,19H,8,12-13H2,1-2H3/t19-/m0/s1. The first-order valence-corrected chi connectivity index (χ1v) is 9.80. The minimum absolute atomic E-state index is 0.158. The van der Waals surface area contributed by atoms with Crippen LogP contribution in [0.3, 0.4) is 0 Å². The number of carbonyl (C=O) groups is 1. The van der Waals surface area contributed by atoms with Crippen LogP contribution in [0, 0.1) is 6.92 Å². The number of ether oxygens (including phenoxy) is 1. The Morgan fingerprint density at radius 1 is 1.19 bits per heavy atom. The third kappa shape index (κ3) is 3.21. The number of hydrogen-bond donors (Lipinski definition) is 0. The molecule has 4 heteroatoms. The number of hydrogen-bond acceptors (Lipinski definition) is 4. The predicted octanol–water partition coefficient (Wildman–Crippen LogP) is 4.46. The number of allylic oxidation sites excluding steroid dienone is 1. The Morgan fingerprint density at radius 3 is 2.88 bits per heavy atom. The summed E-state index contributed by atoms with van der Waals surface area (Å²) < 4.78 is 5.53. The SMILES string of the molecule is COc1cc(C)ccc1C1=N[C@@H](CC2=CCc3ccccc32)C(=O)SC1. The van der Waals surface area contributed by atoms with Crippen LogP contribution in [0.4, 0.5) is 0 Å². The van der Waals surface area contributed by atoms with Gasteiger partial charge in [0.15, 0.2) is 0 Å². The molecule has 132 valence electrons. The summed E-state index contributed by atoms with van der Waals surface area (Å²) in [6.07, 6.45) is 3.85. The molecule has 0 spiro atoms. The van der Waals surface area contributed by atoms with E-state index in [0.29, 0.717) is 12.2 Å². The van der Waals surface area contributed by atoms with Crippen LogP contribution < -0.4 is 4.74 Å². The lowest BCUT2D eigenvalue weighted by Crippen LogP contribution is -2.26. The van der Waals surface area contributed by atoms with E-state index in [-0.39, 0.29) is 11.2 Å². The number of carbonyl (C=O) groups excluding carboxylic acids is 1. The third-order valence-electron chi connectivity index (χ3n) is 4.95. The number of aliphatic imine (C=N–C) groups is 1. The molecule has 2 aromatic rings. The van der Waals surface area contributed by atoms with Gasteiger partial charge in [0.25, 0.3) is 0 Å². The Balaban J connectivity index is 1.63. The average Bonchev–Trinajstić information content (AvgIpc) is 3.06. The molecule has 0 unspecified atom stereocenters. The Bertz CT molecular complexity index is 929. The zero-order valence-electron chi connectivity index (χ0n) is 15.0. The zero-order valence-corrected chi connectivity index (χ0v) is 15.8. The average molecular weight is 363 g/mol. The Hall–Kier alpha value is -2.33. The molecule has 1 heterocycles. The van der Waals surface area contributed by atoms with Crippen molar-refractivity contribution in [2.75, 3.05) is 12.9 Å². The second-order valence-electron chi connectivity index (χ2n) is 6.70. The Labute approximate surface area is 158 Å². The summed E-state index contributed by atoms with van der Waals surface area (Å²) in [5.41, 5.74) is 6.92. The first-order chi connectivity index (χ1) is 12.7. The van der Waals surface area contributed by atoms with Gasteiger partial charge in [-0.15, -0.1) is 0 Å². The molecule has 0 amide bonds. The fraction of sp³-hybridized carbons (Fsp3) is 0.273. The maximum atomic E-state index is 12.5. The van der Waals surface area contributed by atoms with Crippen LogP contribution >= 0.6 is 11.8 Å². The van der Waals surface area contributed by atoms with Gasteiger partial charge in [-0.2, -0.15) is 0 Å². The molecule has 0 aromatic heterocycles. The number of rotatable bonds is 4. The van der Waals surface area contributed by atoms with E-state index in [4.69, 9.17) is 9.73 Å². The van der Waals surface area contributed by atoms with Gasteiger partial charge in [0.1, 0.15) is 11.8 Å². The molecule has 1 atom stereocenters. The number of nitrogens with zero attached hydrogens (tertiary/aromatic N) is 1. The molecule has 0 bridgehead atoms. The maximum Gasteiger partial charge on any atom is 0.214 e. The maximum absolute atomic E-state index is 12.5. The van der Waals surface area contributed by atoms with E-state index in [9.17, 15) is 4.79 Å². The van der Waals surface area contributed by atoms with Crippen molar-refractivity contribution in [2.45, 2.75) is 25.8 Å². The van der Waals surface area contributed by atoms with Crippen molar-refractivity contribution >= 4 is 28.2 Å². The summed E-state index contributed by atoms with van der Waals surface area (Å²) in [7, 11) is 1.68. The molecular formula is C22H21NO2S. The summed E-state index contributed by atoms with van der Waals surface area (Å²) in [5, 5.41) is 0.158. The number of aryl methyl sites for hydroxylation is 1. The zero-order chi connectivity index (χ0) is 18.1. The first kappa shape index (κ1) is 17.1. The Morgan fingerprint density at radius 2 is 2.04 bits per heavy atom. The lowest BCUT2D eigenvalue weighted by Gasteiger charge is -2.21. The topological polar surface area (TPSA) is 38.7 Å². The van der Waals surface area contributed by atoms with Gasteiger partial charge in [0.05, 0.1) is 12.8 Å². The first-order valence-electron chi connectivity index (χ1n) is 8.81. The van der Waals surface area contributed by atoms with E-state index in [2.05, 4.69) is 36.4 Å². The minimum atomic E-state index is -0.327. The highest BCUT2D eigenvalue weighted by atomic mass is 32.2. The van der Waals surface area contributed by atoms with E-state index in [1.165, 1.54) is 28.5 Å². The van der Waals surface area contributed by atoms with E-state index < -0.39 is 0 Å². The highest BCUT2D eigenvalue weighted by Gasteiger charge is 2.28. The quantitative estimate of drug-likeness (QED) is 0.805. The molecule has 0 saturated heterocycles. The summed E-state index contributed by atoms with van der Waals surface area (Å²) in [6, 6.07) is 14.2. The Kier molecular flexibility index (Phi) is 4.68. The molecular weight excluding hydrogens is 342 g/mol. The molecule has 1 aliphatic carbocycles. The normalized spacial score (nSPS) is 19.0. The summed E-state index contributed by atoms with van der Waals surface area (Å²) >= 11 is 1.36. The molecule has 0 saturated carbocycles. The van der Waals surface area contributed by atoms with E-state index in [1.54, 1.807) is 7.11 Å². The molecule has 3 nitrogen and oxygen atoms in total. The van der Waals surface area contributed by atoms with Gasteiger partial charge < -0.3 is 4.74 Å². The largest absolute Gasteiger partial charge is 0.496 e. The van der Waals surface area contributed by atoms with Crippen LogP contribution in [0.5, 0.6) is 5.75 Å². The van der Waals surface area contributed by atoms with E-state index in [1.807, 2.05) is 19.1 Å². The van der Waals surface area contributed by atoms with Crippen molar-refractivity contribution in [3.63, 3.8) is 0 Å². The van der Waals surface area contributed by atoms with Crippen LogP contribution in [0.1, 0.15) is 28.7 Å². The second-order valence-corrected chi connectivity index (χ2v) is 7.68. The van der Waals surface area contributed by atoms with Crippen molar-refractivity contribution in [1.82, 2.24) is 0 Å². The molecule has 4 rings (SSSR count). The van der Waals surface area contributed by atoms with Crippen LogP contribution in [-0.2, 0) is 11.2 Å². The molecule has 26 heavy (non-hydrogen) atoms.